The van der Waals surface area contributed by atoms with Crippen LogP contribution in [-0.4, -0.2) is 33.9 Å². The van der Waals surface area contributed by atoms with Crippen molar-refractivity contribution in [2.75, 3.05) is 0 Å². The van der Waals surface area contributed by atoms with Crippen molar-refractivity contribution in [3.8, 4) is 0 Å². The Balaban J connectivity index is 1.62. The Hall–Kier alpha value is -2.85. The van der Waals surface area contributed by atoms with Gasteiger partial charge < -0.3 is 4.57 Å². The Bertz CT molecular complexity index is 1260. The van der Waals surface area contributed by atoms with Gasteiger partial charge >= 0.3 is 0 Å². The SMILES string of the molecule is Cn1c2nc(Cc3cc[nH]n3)sc2c2cnn(Cc3ccsn3)c(=O)c21. The second kappa shape index (κ2) is 5.85. The van der Waals surface area contributed by atoms with Crippen molar-refractivity contribution in [2.45, 2.75) is 13.0 Å². The van der Waals surface area contributed by atoms with Gasteiger partial charge in [0.1, 0.15) is 10.5 Å². The third-order valence-corrected chi connectivity index (χ3v) is 5.94. The van der Waals surface area contributed by atoms with Crippen molar-refractivity contribution in [3.63, 3.8) is 0 Å². The normalized spacial score (nSPS) is 11.7. The molecule has 0 radical (unpaired) electrons. The fourth-order valence-electron chi connectivity index (χ4n) is 3.04. The Labute approximate surface area is 154 Å². The number of aryl methyl sites for hydroxylation is 1. The van der Waals surface area contributed by atoms with E-state index in [1.165, 1.54) is 16.2 Å². The Morgan fingerprint density at radius 3 is 2.96 bits per heavy atom. The van der Waals surface area contributed by atoms with Gasteiger partial charge in [-0.15, -0.1) is 11.3 Å². The zero-order valence-corrected chi connectivity index (χ0v) is 15.3. The minimum atomic E-state index is -0.128. The quantitative estimate of drug-likeness (QED) is 0.513. The van der Waals surface area contributed by atoms with E-state index in [-0.39, 0.29) is 5.56 Å². The first-order valence-corrected chi connectivity index (χ1v) is 9.58. The fraction of sp³-hybridized carbons (Fsp3) is 0.188. The van der Waals surface area contributed by atoms with Crippen LogP contribution in [0.25, 0.3) is 21.3 Å². The summed E-state index contributed by atoms with van der Waals surface area (Å²) in [6.07, 6.45) is 4.22. The van der Waals surface area contributed by atoms with Crippen molar-refractivity contribution in [1.82, 2.24) is 33.9 Å². The molecule has 0 unspecified atom stereocenters. The van der Waals surface area contributed by atoms with Gasteiger partial charge in [0.15, 0.2) is 5.65 Å². The molecule has 0 fully saturated rings. The van der Waals surface area contributed by atoms with Crippen LogP contribution in [0, 0.1) is 0 Å². The summed E-state index contributed by atoms with van der Waals surface area (Å²) in [6.45, 7) is 0.370. The minimum absolute atomic E-state index is 0.128. The highest BCUT2D eigenvalue weighted by molar-refractivity contribution is 7.19. The molecule has 130 valence electrons. The Morgan fingerprint density at radius 2 is 2.19 bits per heavy atom. The van der Waals surface area contributed by atoms with Crippen LogP contribution in [-0.2, 0) is 20.0 Å². The van der Waals surface area contributed by atoms with E-state index in [0.717, 1.165) is 32.1 Å². The summed E-state index contributed by atoms with van der Waals surface area (Å²) < 4.78 is 8.54. The molecule has 5 heterocycles. The molecule has 0 aliphatic heterocycles. The number of fused-ring (bicyclic) bond motifs is 3. The van der Waals surface area contributed by atoms with Gasteiger partial charge in [0.2, 0.25) is 0 Å². The maximum atomic E-state index is 12.9. The van der Waals surface area contributed by atoms with E-state index >= 15 is 0 Å². The molecule has 0 amide bonds. The van der Waals surface area contributed by atoms with Crippen LogP contribution in [0.5, 0.6) is 0 Å². The van der Waals surface area contributed by atoms with Gasteiger partial charge in [0, 0.05) is 30.4 Å². The largest absolute Gasteiger partial charge is 0.323 e. The molecule has 8 nitrogen and oxygen atoms in total. The van der Waals surface area contributed by atoms with E-state index in [4.69, 9.17) is 4.98 Å². The number of rotatable bonds is 4. The first-order chi connectivity index (χ1) is 12.7. The lowest BCUT2D eigenvalue weighted by Gasteiger charge is -2.03. The van der Waals surface area contributed by atoms with Crippen LogP contribution in [0.3, 0.4) is 0 Å². The number of hydrogen-bond donors (Lipinski definition) is 1. The fourth-order valence-corrected chi connectivity index (χ4v) is 4.69. The molecule has 5 aromatic heterocycles. The molecule has 1 N–H and O–H groups in total. The van der Waals surface area contributed by atoms with Crippen molar-refractivity contribution in [2.24, 2.45) is 7.05 Å². The van der Waals surface area contributed by atoms with E-state index in [2.05, 4.69) is 19.7 Å². The first-order valence-electron chi connectivity index (χ1n) is 7.92. The highest BCUT2D eigenvalue weighted by Gasteiger charge is 2.18. The maximum Gasteiger partial charge on any atom is 0.291 e. The highest BCUT2D eigenvalue weighted by Crippen LogP contribution is 2.31. The zero-order chi connectivity index (χ0) is 17.7. The molecule has 0 saturated carbocycles. The second-order valence-electron chi connectivity index (χ2n) is 5.92. The number of H-pyrrole nitrogens is 1. The highest BCUT2D eigenvalue weighted by atomic mass is 32.1. The van der Waals surface area contributed by atoms with Crippen molar-refractivity contribution in [3.05, 3.63) is 56.7 Å². The molecule has 26 heavy (non-hydrogen) atoms. The van der Waals surface area contributed by atoms with Gasteiger partial charge in [-0.25, -0.2) is 9.67 Å². The molecule has 5 rings (SSSR count). The van der Waals surface area contributed by atoms with Crippen LogP contribution in [0.1, 0.15) is 16.4 Å². The molecule has 0 saturated heterocycles. The number of hydrogen-bond acceptors (Lipinski definition) is 7. The minimum Gasteiger partial charge on any atom is -0.323 e. The predicted molar refractivity (Wildman–Crippen MR) is 101 cm³/mol. The predicted octanol–water partition coefficient (Wildman–Crippen LogP) is 2.16. The summed E-state index contributed by atoms with van der Waals surface area (Å²) in [5.74, 6) is 0. The topological polar surface area (TPSA) is 94.3 Å². The third-order valence-electron chi connectivity index (χ3n) is 4.26. The Morgan fingerprint density at radius 1 is 1.27 bits per heavy atom. The number of nitrogens with one attached hydrogen (secondary N) is 1. The van der Waals surface area contributed by atoms with Gasteiger partial charge in [-0.3, -0.25) is 9.89 Å². The zero-order valence-electron chi connectivity index (χ0n) is 13.7. The van der Waals surface area contributed by atoms with Gasteiger partial charge in [0.05, 0.1) is 28.8 Å². The van der Waals surface area contributed by atoms with Crippen LogP contribution in [0.15, 0.2) is 34.7 Å². The smallest absolute Gasteiger partial charge is 0.291 e. The van der Waals surface area contributed by atoms with E-state index in [0.29, 0.717) is 18.5 Å². The number of aromatic nitrogens is 7. The van der Waals surface area contributed by atoms with Crippen molar-refractivity contribution >= 4 is 44.1 Å². The van der Waals surface area contributed by atoms with Crippen LogP contribution < -0.4 is 5.56 Å². The molecule has 0 atom stereocenters. The monoisotopic (exact) mass is 383 g/mol. The summed E-state index contributed by atoms with van der Waals surface area (Å²) in [5.41, 5.74) is 3.07. The van der Waals surface area contributed by atoms with Crippen molar-refractivity contribution in [1.29, 1.82) is 0 Å². The summed E-state index contributed by atoms with van der Waals surface area (Å²) in [6, 6.07) is 3.83. The molecule has 0 aromatic carbocycles. The lowest BCUT2D eigenvalue weighted by Crippen LogP contribution is -2.24. The average Bonchev–Trinajstić information content (AvgIpc) is 3.39. The molecule has 0 spiro atoms. The molecule has 5 aromatic rings. The number of nitrogens with zero attached hydrogens (tertiary/aromatic N) is 6. The summed E-state index contributed by atoms with van der Waals surface area (Å²) in [7, 11) is 1.87. The molecule has 0 aliphatic carbocycles. The lowest BCUT2D eigenvalue weighted by molar-refractivity contribution is 0.637. The van der Waals surface area contributed by atoms with Crippen molar-refractivity contribution < 1.29 is 0 Å². The van der Waals surface area contributed by atoms with Gasteiger partial charge in [-0.2, -0.15) is 14.6 Å². The van der Waals surface area contributed by atoms with Gasteiger partial charge in [0.25, 0.3) is 5.56 Å². The van der Waals surface area contributed by atoms with Crippen LogP contribution in [0.4, 0.5) is 0 Å². The summed E-state index contributed by atoms with van der Waals surface area (Å²) >= 11 is 2.95. The standard InChI is InChI=1S/C16H13N7OS2/c1-22-13-11(7-18-23(16(13)24)8-10-3-5-25-21-10)14-15(22)19-12(26-14)6-9-2-4-17-20-9/h2-5,7H,6,8H2,1H3,(H,17,20). The van der Waals surface area contributed by atoms with E-state index in [1.807, 2.05) is 29.1 Å². The number of thiazole rings is 1. The van der Waals surface area contributed by atoms with Crippen LogP contribution >= 0.6 is 22.9 Å². The van der Waals surface area contributed by atoms with E-state index in [1.54, 1.807) is 23.7 Å². The van der Waals surface area contributed by atoms with Gasteiger partial charge in [-0.1, -0.05) is 0 Å². The third kappa shape index (κ3) is 2.37. The average molecular weight is 383 g/mol. The maximum absolute atomic E-state index is 12.9. The lowest BCUT2D eigenvalue weighted by atomic mass is 10.3. The Kier molecular flexibility index (Phi) is 3.47. The second-order valence-corrected chi connectivity index (χ2v) is 7.67. The summed E-state index contributed by atoms with van der Waals surface area (Å²) in [5, 5.41) is 15.0. The number of aromatic amines is 1. The van der Waals surface area contributed by atoms with E-state index < -0.39 is 0 Å². The molecule has 0 bridgehead atoms. The van der Waals surface area contributed by atoms with Gasteiger partial charge in [-0.05, 0) is 23.7 Å². The molecular formula is C16H13N7OS2. The molecular weight excluding hydrogens is 370 g/mol. The summed E-state index contributed by atoms with van der Waals surface area (Å²) in [4.78, 5) is 17.6. The molecule has 0 aliphatic rings. The first kappa shape index (κ1) is 15.4. The van der Waals surface area contributed by atoms with E-state index in [9.17, 15) is 4.79 Å². The van der Waals surface area contributed by atoms with Crippen LogP contribution in [0.2, 0.25) is 0 Å². The molecule has 10 heteroatoms.